The van der Waals surface area contributed by atoms with E-state index in [2.05, 4.69) is 9.47 Å². The van der Waals surface area contributed by atoms with Crippen molar-refractivity contribution >= 4 is 23.5 Å². The van der Waals surface area contributed by atoms with Gasteiger partial charge in [-0.2, -0.15) is 0 Å². The van der Waals surface area contributed by atoms with Gasteiger partial charge in [0.05, 0.1) is 24.9 Å². The first-order chi connectivity index (χ1) is 8.01. The highest BCUT2D eigenvalue weighted by Crippen LogP contribution is 2.21. The van der Waals surface area contributed by atoms with Crippen LogP contribution in [0, 0.1) is 0 Å². The fraction of sp³-hybridized carbons (Fsp3) is 0.273. The molecule has 0 aliphatic carbocycles. The molecule has 0 radical (unpaired) electrons. The molecule has 5 nitrogen and oxygen atoms in total. The molecule has 0 aromatic heterocycles. The number of carbonyl (C=O) groups is 2. The van der Waals surface area contributed by atoms with Gasteiger partial charge in [0.1, 0.15) is 0 Å². The quantitative estimate of drug-likeness (QED) is 0.322. The molecule has 0 N–H and O–H groups in total. The molecule has 0 amide bonds. The minimum Gasteiger partial charge on any atom is -0.465 e. The van der Waals surface area contributed by atoms with E-state index in [1.54, 1.807) is 30.3 Å². The smallest absolute Gasteiger partial charge is 0.347 e. The monoisotopic (exact) mass is 257 g/mol. The lowest BCUT2D eigenvalue weighted by Crippen LogP contribution is -2.24. The van der Waals surface area contributed by atoms with E-state index >= 15 is 0 Å². The summed E-state index contributed by atoms with van der Waals surface area (Å²) in [6, 6.07) is 0. The van der Waals surface area contributed by atoms with E-state index in [-0.39, 0.29) is 5.57 Å². The zero-order valence-electron chi connectivity index (χ0n) is 9.69. The van der Waals surface area contributed by atoms with E-state index in [0.29, 0.717) is 10.7 Å². The van der Waals surface area contributed by atoms with Crippen LogP contribution in [0.5, 0.6) is 0 Å². The number of hydrogen-bond donors (Lipinski definition) is 0. The van der Waals surface area contributed by atoms with Crippen molar-refractivity contribution in [3.8, 4) is 0 Å². The number of ether oxygens (including phenoxy) is 2. The lowest BCUT2D eigenvalue weighted by molar-refractivity contribution is -0.144. The second kappa shape index (κ2) is 5.54. The Labute approximate surface area is 104 Å². The summed E-state index contributed by atoms with van der Waals surface area (Å²) in [4.78, 5) is 24.6. The van der Waals surface area contributed by atoms with Gasteiger partial charge in [-0.3, -0.25) is 0 Å². The molecule has 17 heavy (non-hydrogen) atoms. The van der Waals surface area contributed by atoms with Gasteiger partial charge in [-0.05, 0) is 12.2 Å². The summed E-state index contributed by atoms with van der Waals surface area (Å²) >= 11 is 5.79. The van der Waals surface area contributed by atoms with E-state index in [1.165, 1.54) is 14.2 Å². The first-order valence-electron chi connectivity index (χ1n) is 4.70. The Balaban J connectivity index is 3.26. The molecule has 1 heterocycles. The predicted octanol–water partition coefficient (Wildman–Crippen LogP) is 1.17. The highest BCUT2D eigenvalue weighted by molar-refractivity contribution is 6.31. The average Bonchev–Trinajstić information content (AvgIpc) is 2.31. The largest absolute Gasteiger partial charge is 0.465 e. The predicted molar refractivity (Wildman–Crippen MR) is 61.9 cm³/mol. The maximum atomic E-state index is 11.5. The van der Waals surface area contributed by atoms with Gasteiger partial charge >= 0.3 is 11.9 Å². The minimum absolute atomic E-state index is 0.172. The van der Waals surface area contributed by atoms with Gasteiger partial charge in [-0.25, -0.2) is 9.59 Å². The topological polar surface area (TPSA) is 55.8 Å². The summed E-state index contributed by atoms with van der Waals surface area (Å²) in [7, 11) is 4.05. The Kier molecular flexibility index (Phi) is 4.34. The van der Waals surface area contributed by atoms with Crippen LogP contribution in [0.2, 0.25) is 0 Å². The van der Waals surface area contributed by atoms with Crippen LogP contribution in [-0.2, 0) is 19.1 Å². The summed E-state index contributed by atoms with van der Waals surface area (Å²) in [5, 5.41) is 0.491. The second-order valence-corrected chi connectivity index (χ2v) is 3.64. The fourth-order valence-corrected chi connectivity index (χ4v) is 1.54. The van der Waals surface area contributed by atoms with Crippen molar-refractivity contribution in [2.75, 3.05) is 21.3 Å². The molecule has 0 aromatic carbocycles. The Morgan fingerprint density at radius 1 is 1.18 bits per heavy atom. The zero-order chi connectivity index (χ0) is 13.0. The number of carbonyl (C=O) groups excluding carboxylic acids is 2. The maximum Gasteiger partial charge on any atom is 0.347 e. The summed E-state index contributed by atoms with van der Waals surface area (Å²) in [6.07, 6.45) is 4.69. The third-order valence-corrected chi connectivity index (χ3v) is 2.36. The number of rotatable bonds is 2. The molecule has 0 saturated carbocycles. The third kappa shape index (κ3) is 2.88. The third-order valence-electron chi connectivity index (χ3n) is 2.13. The van der Waals surface area contributed by atoms with Gasteiger partial charge in [0.25, 0.3) is 0 Å². The van der Waals surface area contributed by atoms with E-state index in [0.717, 1.165) is 0 Å². The first kappa shape index (κ1) is 13.3. The van der Waals surface area contributed by atoms with Crippen LogP contribution >= 0.6 is 11.6 Å². The Hall–Kier alpha value is -1.75. The van der Waals surface area contributed by atoms with Crippen molar-refractivity contribution in [3.63, 3.8) is 0 Å². The molecular weight excluding hydrogens is 246 g/mol. The number of likely N-dealkylation sites (N-methyl/N-ethyl adjacent to an activating group) is 1. The molecule has 0 unspecified atom stereocenters. The summed E-state index contributed by atoms with van der Waals surface area (Å²) in [6.45, 7) is 0. The molecular formula is C11H12ClNO4. The molecule has 0 aromatic rings. The standard InChI is InChI=1S/C11H12ClNO4/c1-13-6-7(12)4-5-8(13)9(10(14)16-2)11(15)17-3/h4-6H,1-3H3. The number of hydrogen-bond acceptors (Lipinski definition) is 5. The number of halogens is 1. The molecule has 0 saturated heterocycles. The first-order valence-corrected chi connectivity index (χ1v) is 5.08. The number of esters is 2. The van der Waals surface area contributed by atoms with Crippen molar-refractivity contribution < 1.29 is 19.1 Å². The lowest BCUT2D eigenvalue weighted by Gasteiger charge is -2.21. The molecule has 0 spiro atoms. The SMILES string of the molecule is COC(=O)C(C(=O)OC)=C1C=CC(Cl)=CN1C. The van der Waals surface area contributed by atoms with E-state index < -0.39 is 11.9 Å². The van der Waals surface area contributed by atoms with Crippen LogP contribution in [0.25, 0.3) is 0 Å². The van der Waals surface area contributed by atoms with Gasteiger partial charge in [-0.1, -0.05) is 11.6 Å². The van der Waals surface area contributed by atoms with Crippen molar-refractivity contribution in [1.29, 1.82) is 0 Å². The lowest BCUT2D eigenvalue weighted by atomic mass is 10.1. The summed E-state index contributed by atoms with van der Waals surface area (Å²) in [5.74, 6) is -1.51. The number of allylic oxidation sites excluding steroid dienone is 3. The fourth-order valence-electron chi connectivity index (χ4n) is 1.33. The minimum atomic E-state index is -0.755. The van der Waals surface area contributed by atoms with E-state index in [4.69, 9.17) is 11.6 Å². The summed E-state index contributed by atoms with van der Waals surface area (Å²) in [5.41, 5.74) is 0.197. The normalized spacial score (nSPS) is 14.2. The summed E-state index contributed by atoms with van der Waals surface area (Å²) < 4.78 is 9.10. The highest BCUT2D eigenvalue weighted by atomic mass is 35.5. The van der Waals surface area contributed by atoms with Gasteiger partial charge < -0.3 is 14.4 Å². The molecule has 0 atom stereocenters. The molecule has 1 rings (SSSR count). The highest BCUT2D eigenvalue weighted by Gasteiger charge is 2.26. The van der Waals surface area contributed by atoms with E-state index in [1.807, 2.05) is 0 Å². The van der Waals surface area contributed by atoms with Crippen molar-refractivity contribution in [3.05, 3.63) is 34.7 Å². The average molecular weight is 258 g/mol. The van der Waals surface area contributed by atoms with Gasteiger partial charge in [0.2, 0.25) is 0 Å². The second-order valence-electron chi connectivity index (χ2n) is 3.20. The maximum absolute atomic E-state index is 11.5. The van der Waals surface area contributed by atoms with Crippen LogP contribution in [0.3, 0.4) is 0 Å². The Morgan fingerprint density at radius 2 is 1.71 bits per heavy atom. The van der Waals surface area contributed by atoms with Crippen LogP contribution in [0.1, 0.15) is 0 Å². The van der Waals surface area contributed by atoms with Gasteiger partial charge in [0.15, 0.2) is 5.57 Å². The Morgan fingerprint density at radius 3 is 2.12 bits per heavy atom. The van der Waals surface area contributed by atoms with Gasteiger partial charge in [0, 0.05) is 13.2 Å². The molecule has 92 valence electrons. The van der Waals surface area contributed by atoms with Crippen LogP contribution in [0.15, 0.2) is 34.7 Å². The van der Waals surface area contributed by atoms with Gasteiger partial charge in [-0.15, -0.1) is 0 Å². The Bertz CT molecular complexity index is 419. The zero-order valence-corrected chi connectivity index (χ0v) is 10.4. The molecule has 1 aliphatic heterocycles. The van der Waals surface area contributed by atoms with E-state index in [9.17, 15) is 9.59 Å². The number of methoxy groups -OCH3 is 2. The molecule has 1 aliphatic rings. The van der Waals surface area contributed by atoms with Crippen LogP contribution in [0.4, 0.5) is 0 Å². The molecule has 0 fully saturated rings. The number of nitrogens with zero attached hydrogens (tertiary/aromatic N) is 1. The molecule has 0 bridgehead atoms. The van der Waals surface area contributed by atoms with Crippen LogP contribution < -0.4 is 0 Å². The van der Waals surface area contributed by atoms with Crippen LogP contribution in [-0.4, -0.2) is 38.1 Å². The van der Waals surface area contributed by atoms with Crippen molar-refractivity contribution in [2.24, 2.45) is 0 Å². The van der Waals surface area contributed by atoms with Crippen molar-refractivity contribution in [1.82, 2.24) is 4.90 Å². The molecule has 6 heteroatoms. The van der Waals surface area contributed by atoms with Crippen molar-refractivity contribution in [2.45, 2.75) is 0 Å².